The molecule has 0 radical (unpaired) electrons. The Morgan fingerprint density at radius 2 is 2.20 bits per heavy atom. The average molecular weight is 228 g/mol. The summed E-state index contributed by atoms with van der Waals surface area (Å²) in [5, 5.41) is 18.0. The molecule has 1 N–H and O–H groups in total. The van der Waals surface area contributed by atoms with Crippen LogP contribution in [0.2, 0.25) is 5.15 Å². The molecule has 1 aromatic heterocycles. The normalized spacial score (nSPS) is 24.5. The number of aromatic nitrogens is 2. The zero-order valence-electron chi connectivity index (χ0n) is 8.81. The van der Waals surface area contributed by atoms with Crippen molar-refractivity contribution in [1.82, 2.24) is 10.2 Å². The highest BCUT2D eigenvalue weighted by Gasteiger charge is 2.40. The van der Waals surface area contributed by atoms with Gasteiger partial charge in [-0.3, -0.25) is 0 Å². The minimum Gasteiger partial charge on any atom is -0.391 e. The Bertz CT molecular complexity index is 352. The zero-order valence-corrected chi connectivity index (χ0v) is 9.57. The van der Waals surface area contributed by atoms with Crippen molar-refractivity contribution in [2.24, 2.45) is 0 Å². The maximum atomic E-state index is 9.83. The van der Waals surface area contributed by atoms with Crippen LogP contribution < -0.4 is 4.90 Å². The minimum atomic E-state index is -0.324. The van der Waals surface area contributed by atoms with Crippen LogP contribution in [0.4, 0.5) is 5.82 Å². The monoisotopic (exact) mass is 227 g/mol. The summed E-state index contributed by atoms with van der Waals surface area (Å²) in [6, 6.07) is 3.54. The van der Waals surface area contributed by atoms with E-state index in [1.54, 1.807) is 6.07 Å². The van der Waals surface area contributed by atoms with Crippen LogP contribution in [0, 0.1) is 0 Å². The highest BCUT2D eigenvalue weighted by atomic mass is 35.5. The SMILES string of the molecule is CC1(C)C(O)CCN1c1ccc(Cl)nn1. The first kappa shape index (κ1) is 10.6. The first-order chi connectivity index (χ1) is 7.01. The number of halogens is 1. The van der Waals surface area contributed by atoms with E-state index in [2.05, 4.69) is 15.1 Å². The number of aliphatic hydroxyl groups is 1. The summed E-state index contributed by atoms with van der Waals surface area (Å²) in [7, 11) is 0. The van der Waals surface area contributed by atoms with E-state index in [1.807, 2.05) is 19.9 Å². The van der Waals surface area contributed by atoms with Crippen molar-refractivity contribution < 1.29 is 5.11 Å². The molecule has 1 aliphatic rings. The van der Waals surface area contributed by atoms with Crippen LogP contribution >= 0.6 is 11.6 Å². The smallest absolute Gasteiger partial charge is 0.151 e. The van der Waals surface area contributed by atoms with Gasteiger partial charge in [-0.25, -0.2) is 0 Å². The lowest BCUT2D eigenvalue weighted by atomic mass is 9.99. The lowest BCUT2D eigenvalue weighted by molar-refractivity contribution is 0.127. The quantitative estimate of drug-likeness (QED) is 0.790. The molecule has 15 heavy (non-hydrogen) atoms. The molecule has 0 aliphatic carbocycles. The second-order valence-corrected chi connectivity index (χ2v) is 4.71. The summed E-state index contributed by atoms with van der Waals surface area (Å²) in [4.78, 5) is 2.06. The van der Waals surface area contributed by atoms with Gasteiger partial charge in [0.25, 0.3) is 0 Å². The van der Waals surface area contributed by atoms with Crippen LogP contribution in [0.1, 0.15) is 20.3 Å². The lowest BCUT2D eigenvalue weighted by Gasteiger charge is -2.34. The van der Waals surface area contributed by atoms with Crippen LogP contribution in [0.5, 0.6) is 0 Å². The third-order valence-electron chi connectivity index (χ3n) is 3.03. The van der Waals surface area contributed by atoms with Crippen molar-refractivity contribution in [2.75, 3.05) is 11.4 Å². The van der Waals surface area contributed by atoms with Gasteiger partial charge in [0.1, 0.15) is 0 Å². The number of rotatable bonds is 1. The number of hydrogen-bond donors (Lipinski definition) is 1. The van der Waals surface area contributed by atoms with Gasteiger partial charge in [-0.1, -0.05) is 11.6 Å². The standard InChI is InChI=1S/C10H14ClN3O/c1-10(2)7(15)5-6-14(10)9-4-3-8(11)12-13-9/h3-4,7,15H,5-6H2,1-2H3. The van der Waals surface area contributed by atoms with Crippen molar-refractivity contribution in [3.63, 3.8) is 0 Å². The van der Waals surface area contributed by atoms with E-state index < -0.39 is 0 Å². The fraction of sp³-hybridized carbons (Fsp3) is 0.600. The van der Waals surface area contributed by atoms with E-state index in [1.165, 1.54) is 0 Å². The first-order valence-electron chi connectivity index (χ1n) is 4.97. The van der Waals surface area contributed by atoms with Gasteiger partial charge in [-0.05, 0) is 32.4 Å². The van der Waals surface area contributed by atoms with Gasteiger partial charge in [0.15, 0.2) is 11.0 Å². The molecule has 1 fully saturated rings. The molecule has 82 valence electrons. The van der Waals surface area contributed by atoms with E-state index >= 15 is 0 Å². The van der Waals surface area contributed by atoms with Crippen LogP contribution in [-0.4, -0.2) is 33.5 Å². The van der Waals surface area contributed by atoms with E-state index in [4.69, 9.17) is 11.6 Å². The molecule has 0 saturated carbocycles. The van der Waals surface area contributed by atoms with Gasteiger partial charge >= 0.3 is 0 Å². The number of hydrogen-bond acceptors (Lipinski definition) is 4. The van der Waals surface area contributed by atoms with Gasteiger partial charge in [-0.2, -0.15) is 0 Å². The largest absolute Gasteiger partial charge is 0.391 e. The van der Waals surface area contributed by atoms with E-state index in [0.29, 0.717) is 5.15 Å². The zero-order chi connectivity index (χ0) is 11.1. The van der Waals surface area contributed by atoms with Crippen molar-refractivity contribution >= 4 is 17.4 Å². The minimum absolute atomic E-state index is 0.289. The molecule has 1 aliphatic heterocycles. The predicted molar refractivity (Wildman–Crippen MR) is 59.1 cm³/mol. The fourth-order valence-corrected chi connectivity index (χ4v) is 2.04. The summed E-state index contributed by atoms with van der Waals surface area (Å²) in [6.45, 7) is 4.80. The lowest BCUT2D eigenvalue weighted by Crippen LogP contribution is -2.45. The van der Waals surface area contributed by atoms with E-state index in [0.717, 1.165) is 18.8 Å². The Morgan fingerprint density at radius 3 is 2.67 bits per heavy atom. The van der Waals surface area contributed by atoms with Crippen LogP contribution in [0.15, 0.2) is 12.1 Å². The van der Waals surface area contributed by atoms with Gasteiger partial charge < -0.3 is 10.0 Å². The Kier molecular flexibility index (Phi) is 2.56. The summed E-state index contributed by atoms with van der Waals surface area (Å²) >= 11 is 5.68. The molecule has 1 atom stereocenters. The summed E-state index contributed by atoms with van der Waals surface area (Å²) < 4.78 is 0. The number of aliphatic hydroxyl groups excluding tert-OH is 1. The molecule has 0 spiro atoms. The summed E-state index contributed by atoms with van der Waals surface area (Å²) in [5.41, 5.74) is -0.289. The Morgan fingerprint density at radius 1 is 1.47 bits per heavy atom. The highest BCUT2D eigenvalue weighted by molar-refractivity contribution is 6.29. The molecule has 0 aromatic carbocycles. The van der Waals surface area contributed by atoms with E-state index in [-0.39, 0.29) is 11.6 Å². The summed E-state index contributed by atoms with van der Waals surface area (Å²) in [6.07, 6.45) is 0.437. The molecule has 4 nitrogen and oxygen atoms in total. The topological polar surface area (TPSA) is 49.2 Å². The maximum Gasteiger partial charge on any atom is 0.151 e. The molecule has 1 saturated heterocycles. The molecule has 2 heterocycles. The second-order valence-electron chi connectivity index (χ2n) is 4.32. The number of anilines is 1. The molecule has 2 rings (SSSR count). The molecule has 0 amide bonds. The van der Waals surface area contributed by atoms with Crippen LogP contribution in [-0.2, 0) is 0 Å². The van der Waals surface area contributed by atoms with Crippen molar-refractivity contribution in [2.45, 2.75) is 31.9 Å². The average Bonchev–Trinajstić information content (AvgIpc) is 2.44. The Hall–Kier alpha value is -0.870. The Labute approximate surface area is 93.9 Å². The van der Waals surface area contributed by atoms with Crippen molar-refractivity contribution in [3.05, 3.63) is 17.3 Å². The fourth-order valence-electron chi connectivity index (χ4n) is 1.94. The number of nitrogens with zero attached hydrogens (tertiary/aromatic N) is 3. The van der Waals surface area contributed by atoms with Gasteiger partial charge in [0, 0.05) is 6.54 Å². The first-order valence-corrected chi connectivity index (χ1v) is 5.34. The van der Waals surface area contributed by atoms with Crippen molar-refractivity contribution in [3.8, 4) is 0 Å². The molecular formula is C10H14ClN3O. The predicted octanol–water partition coefficient (Wildman–Crippen LogP) is 1.48. The van der Waals surface area contributed by atoms with Crippen LogP contribution in [0.3, 0.4) is 0 Å². The Balaban J connectivity index is 2.28. The third-order valence-corrected chi connectivity index (χ3v) is 3.23. The van der Waals surface area contributed by atoms with Crippen molar-refractivity contribution in [1.29, 1.82) is 0 Å². The second kappa shape index (κ2) is 3.61. The van der Waals surface area contributed by atoms with Crippen LogP contribution in [0.25, 0.3) is 0 Å². The molecule has 5 heteroatoms. The van der Waals surface area contributed by atoms with Gasteiger partial charge in [-0.15, -0.1) is 10.2 Å². The summed E-state index contributed by atoms with van der Waals surface area (Å²) in [5.74, 6) is 0.765. The molecule has 1 aromatic rings. The van der Waals surface area contributed by atoms with Gasteiger partial charge in [0.2, 0.25) is 0 Å². The van der Waals surface area contributed by atoms with Gasteiger partial charge in [0.05, 0.1) is 11.6 Å². The molecule has 1 unspecified atom stereocenters. The highest BCUT2D eigenvalue weighted by Crippen LogP contribution is 2.32. The van der Waals surface area contributed by atoms with E-state index in [9.17, 15) is 5.11 Å². The molecule has 0 bridgehead atoms. The third kappa shape index (κ3) is 1.79. The maximum absolute atomic E-state index is 9.83. The molecular weight excluding hydrogens is 214 g/mol.